The number of hydrogen-bond donors (Lipinski definition) is 1. The lowest BCUT2D eigenvalue weighted by atomic mass is 9.99. The maximum atomic E-state index is 5.73. The number of fused-ring (bicyclic) bond motifs is 1. The van der Waals surface area contributed by atoms with Gasteiger partial charge in [-0.1, -0.05) is 37.6 Å². The molecule has 0 bridgehead atoms. The molecule has 1 unspecified atom stereocenters. The van der Waals surface area contributed by atoms with Gasteiger partial charge >= 0.3 is 0 Å². The van der Waals surface area contributed by atoms with E-state index >= 15 is 0 Å². The van der Waals surface area contributed by atoms with E-state index in [1.54, 1.807) is 4.90 Å². The lowest BCUT2D eigenvalue weighted by Crippen LogP contribution is -3.10. The first-order valence-corrected chi connectivity index (χ1v) is 8.47. The summed E-state index contributed by atoms with van der Waals surface area (Å²) in [5.41, 5.74) is 4.45. The summed E-state index contributed by atoms with van der Waals surface area (Å²) in [4.78, 5) is 1.65. The van der Waals surface area contributed by atoms with E-state index in [0.717, 1.165) is 31.9 Å². The molecule has 2 aromatic rings. The summed E-state index contributed by atoms with van der Waals surface area (Å²) < 4.78 is 5.73. The van der Waals surface area contributed by atoms with Gasteiger partial charge in [0.25, 0.3) is 0 Å². The Labute approximate surface area is 133 Å². The Hall–Kier alpha value is -1.80. The van der Waals surface area contributed by atoms with Crippen molar-refractivity contribution in [1.29, 1.82) is 0 Å². The molecule has 0 aliphatic carbocycles. The van der Waals surface area contributed by atoms with Crippen molar-refractivity contribution in [3.63, 3.8) is 0 Å². The van der Waals surface area contributed by atoms with Gasteiger partial charge in [0.15, 0.2) is 0 Å². The summed E-state index contributed by atoms with van der Waals surface area (Å²) in [6.45, 7) is 6.48. The zero-order valence-corrected chi connectivity index (χ0v) is 13.5. The average Bonchev–Trinajstić information content (AvgIpc) is 2.57. The monoisotopic (exact) mass is 296 g/mol. The maximum Gasteiger partial charge on any atom is 0.119 e. The Bertz CT molecular complexity index is 591. The van der Waals surface area contributed by atoms with E-state index in [-0.39, 0.29) is 0 Å². The van der Waals surface area contributed by atoms with Crippen LogP contribution in [-0.2, 0) is 19.5 Å². The Morgan fingerprint density at radius 2 is 1.77 bits per heavy atom. The number of hydrogen-bond acceptors (Lipinski definition) is 1. The van der Waals surface area contributed by atoms with E-state index in [1.165, 1.54) is 36.1 Å². The van der Waals surface area contributed by atoms with Crippen LogP contribution in [0.2, 0.25) is 0 Å². The molecule has 0 spiro atoms. The molecule has 2 aromatic carbocycles. The average molecular weight is 296 g/mol. The minimum absolute atomic E-state index is 0.823. The summed E-state index contributed by atoms with van der Waals surface area (Å²) in [6.07, 6.45) is 3.50. The van der Waals surface area contributed by atoms with Crippen LogP contribution in [0.15, 0.2) is 48.5 Å². The summed E-state index contributed by atoms with van der Waals surface area (Å²) in [6, 6.07) is 17.5. The van der Waals surface area contributed by atoms with E-state index in [1.807, 2.05) is 0 Å². The summed E-state index contributed by atoms with van der Waals surface area (Å²) in [5, 5.41) is 0. The van der Waals surface area contributed by atoms with Crippen LogP contribution in [0.1, 0.15) is 36.5 Å². The van der Waals surface area contributed by atoms with Crippen LogP contribution in [0.5, 0.6) is 5.75 Å². The van der Waals surface area contributed by atoms with Crippen molar-refractivity contribution in [2.45, 2.75) is 39.3 Å². The number of nitrogens with one attached hydrogen (secondary N) is 1. The highest BCUT2D eigenvalue weighted by molar-refractivity contribution is 5.28. The van der Waals surface area contributed by atoms with Crippen LogP contribution in [0.4, 0.5) is 0 Å². The lowest BCUT2D eigenvalue weighted by molar-refractivity contribution is -0.929. The molecule has 1 heterocycles. The highest BCUT2D eigenvalue weighted by Crippen LogP contribution is 2.14. The van der Waals surface area contributed by atoms with Crippen molar-refractivity contribution >= 4 is 0 Å². The van der Waals surface area contributed by atoms with E-state index in [0.29, 0.717) is 0 Å². The molecule has 116 valence electrons. The first-order valence-electron chi connectivity index (χ1n) is 8.47. The Morgan fingerprint density at radius 3 is 2.55 bits per heavy atom. The maximum absolute atomic E-state index is 5.73. The summed E-state index contributed by atoms with van der Waals surface area (Å²) in [7, 11) is 0. The van der Waals surface area contributed by atoms with Gasteiger partial charge in [0.2, 0.25) is 0 Å². The van der Waals surface area contributed by atoms with E-state index < -0.39 is 0 Å². The Kier molecular flexibility index (Phi) is 5.12. The molecule has 1 aliphatic heterocycles. The number of rotatable bonds is 6. The Morgan fingerprint density at radius 1 is 1.00 bits per heavy atom. The van der Waals surface area contributed by atoms with Gasteiger partial charge in [-0.2, -0.15) is 0 Å². The first kappa shape index (κ1) is 15.1. The quantitative estimate of drug-likeness (QED) is 0.809. The molecule has 3 rings (SSSR count). The fraction of sp³-hybridized carbons (Fsp3) is 0.400. The van der Waals surface area contributed by atoms with Gasteiger partial charge < -0.3 is 9.64 Å². The molecular weight excluding hydrogens is 270 g/mol. The normalized spacial score (nSPS) is 17.0. The number of unbranched alkanes of at least 4 members (excludes halogenated alkanes) is 1. The molecule has 1 atom stereocenters. The predicted molar refractivity (Wildman–Crippen MR) is 90.2 cm³/mol. The molecule has 0 radical (unpaired) electrons. The van der Waals surface area contributed by atoms with Gasteiger partial charge in [-0.05, 0) is 36.2 Å². The highest BCUT2D eigenvalue weighted by atomic mass is 16.5. The van der Waals surface area contributed by atoms with Crippen molar-refractivity contribution < 1.29 is 9.64 Å². The molecule has 0 fully saturated rings. The van der Waals surface area contributed by atoms with Crippen LogP contribution >= 0.6 is 0 Å². The largest absolute Gasteiger partial charge is 0.494 e. The summed E-state index contributed by atoms with van der Waals surface area (Å²) in [5.74, 6) is 0.996. The summed E-state index contributed by atoms with van der Waals surface area (Å²) >= 11 is 0. The van der Waals surface area contributed by atoms with Crippen LogP contribution in [-0.4, -0.2) is 13.2 Å². The van der Waals surface area contributed by atoms with E-state index in [4.69, 9.17) is 4.74 Å². The van der Waals surface area contributed by atoms with Crippen molar-refractivity contribution in [3.05, 3.63) is 65.2 Å². The predicted octanol–water partition coefficient (Wildman–Crippen LogP) is 3.01. The van der Waals surface area contributed by atoms with Crippen molar-refractivity contribution in [2.75, 3.05) is 13.2 Å². The van der Waals surface area contributed by atoms with E-state index in [9.17, 15) is 0 Å². The van der Waals surface area contributed by atoms with Crippen molar-refractivity contribution in [2.24, 2.45) is 0 Å². The van der Waals surface area contributed by atoms with Crippen molar-refractivity contribution in [3.8, 4) is 5.75 Å². The van der Waals surface area contributed by atoms with Gasteiger partial charge in [0.1, 0.15) is 18.8 Å². The van der Waals surface area contributed by atoms with Crippen LogP contribution in [0.3, 0.4) is 0 Å². The van der Waals surface area contributed by atoms with Crippen LogP contribution in [0.25, 0.3) is 0 Å². The topological polar surface area (TPSA) is 13.7 Å². The van der Waals surface area contributed by atoms with Gasteiger partial charge in [-0.3, -0.25) is 0 Å². The molecule has 0 aromatic heterocycles. The van der Waals surface area contributed by atoms with Crippen LogP contribution < -0.4 is 9.64 Å². The van der Waals surface area contributed by atoms with E-state index in [2.05, 4.69) is 55.5 Å². The third kappa shape index (κ3) is 3.89. The van der Waals surface area contributed by atoms with Crippen LogP contribution in [0, 0.1) is 0 Å². The van der Waals surface area contributed by atoms with Gasteiger partial charge in [0, 0.05) is 17.5 Å². The number of quaternary nitrogens is 1. The minimum Gasteiger partial charge on any atom is -0.494 e. The third-order valence-corrected chi connectivity index (χ3v) is 4.45. The fourth-order valence-electron chi connectivity index (χ4n) is 3.12. The molecule has 2 nitrogen and oxygen atoms in total. The van der Waals surface area contributed by atoms with Gasteiger partial charge in [0.05, 0.1) is 13.2 Å². The molecule has 0 saturated carbocycles. The fourth-order valence-corrected chi connectivity index (χ4v) is 3.12. The highest BCUT2D eigenvalue weighted by Gasteiger charge is 2.18. The second kappa shape index (κ2) is 7.46. The lowest BCUT2D eigenvalue weighted by Gasteiger charge is -2.26. The standard InChI is InChI=1S/C20H25NO/c1-2-3-14-22-20-10-8-17(9-11-20)15-21-13-12-18-6-4-5-7-19(18)16-21/h4-11H,2-3,12-16H2,1H3/p+1. The second-order valence-corrected chi connectivity index (χ2v) is 6.22. The minimum atomic E-state index is 0.823. The molecule has 1 aliphatic rings. The van der Waals surface area contributed by atoms with Gasteiger partial charge in [-0.25, -0.2) is 0 Å². The SMILES string of the molecule is CCCCOc1ccc(C[NH+]2CCc3ccccc3C2)cc1. The number of benzene rings is 2. The smallest absolute Gasteiger partial charge is 0.119 e. The molecule has 0 amide bonds. The molecule has 0 saturated heterocycles. The second-order valence-electron chi connectivity index (χ2n) is 6.22. The zero-order valence-electron chi connectivity index (χ0n) is 13.5. The van der Waals surface area contributed by atoms with Gasteiger partial charge in [-0.15, -0.1) is 0 Å². The third-order valence-electron chi connectivity index (χ3n) is 4.45. The van der Waals surface area contributed by atoms with Crippen molar-refractivity contribution in [1.82, 2.24) is 0 Å². The molecule has 22 heavy (non-hydrogen) atoms. The molecule has 1 N–H and O–H groups in total. The Balaban J connectivity index is 1.55. The zero-order chi connectivity index (χ0) is 15.2. The first-order chi connectivity index (χ1) is 10.8. The molecular formula is C20H26NO+. The molecule has 2 heteroatoms. The number of ether oxygens (including phenoxy) is 1.